The van der Waals surface area contributed by atoms with Crippen molar-refractivity contribution in [2.24, 2.45) is 0 Å². The van der Waals surface area contributed by atoms with Crippen molar-refractivity contribution >= 4 is 15.7 Å². The van der Waals surface area contributed by atoms with Gasteiger partial charge in [0.2, 0.25) is 10.0 Å². The van der Waals surface area contributed by atoms with Gasteiger partial charge in [-0.2, -0.15) is 0 Å². The number of nitrogens with zero attached hydrogens (tertiary/aromatic N) is 1. The average molecular weight is 270 g/mol. The summed E-state index contributed by atoms with van der Waals surface area (Å²) in [6, 6.07) is 5.79. The summed E-state index contributed by atoms with van der Waals surface area (Å²) in [7, 11) is 0.210. The Bertz CT molecular complexity index is 498. The van der Waals surface area contributed by atoms with Crippen LogP contribution in [-0.2, 0) is 10.0 Å². The Labute approximate surface area is 110 Å². The molecule has 1 N–H and O–H groups in total. The molecular weight excluding hydrogens is 248 g/mol. The molecule has 4 nitrogen and oxygen atoms in total. The lowest BCUT2D eigenvalue weighted by molar-refractivity contribution is 0.590. The number of nitrogens with one attached hydrogen (secondary N) is 1. The third-order valence-electron chi connectivity index (χ3n) is 2.94. The molecule has 0 saturated heterocycles. The van der Waals surface area contributed by atoms with E-state index in [0.29, 0.717) is 13.0 Å². The maximum Gasteiger partial charge on any atom is 0.234 e. The Morgan fingerprint density at radius 2 is 1.94 bits per heavy atom. The maximum atomic E-state index is 12.1. The number of aryl methyl sites for hydroxylation is 2. The number of anilines is 1. The molecule has 18 heavy (non-hydrogen) atoms. The van der Waals surface area contributed by atoms with Crippen LogP contribution in [0.25, 0.3) is 0 Å². The minimum Gasteiger partial charge on any atom is -0.320 e. The third-order valence-corrected chi connectivity index (χ3v) is 4.77. The average Bonchev–Trinajstić information content (AvgIpc) is 2.28. The van der Waals surface area contributed by atoms with Crippen molar-refractivity contribution in [3.8, 4) is 0 Å². The molecule has 0 radical (unpaired) electrons. The van der Waals surface area contributed by atoms with E-state index in [1.54, 1.807) is 7.05 Å². The summed E-state index contributed by atoms with van der Waals surface area (Å²) < 4.78 is 25.7. The Hall–Kier alpha value is -1.07. The highest BCUT2D eigenvalue weighted by atomic mass is 32.2. The summed E-state index contributed by atoms with van der Waals surface area (Å²) in [5.74, 6) is 0.164. The Morgan fingerprint density at radius 3 is 2.50 bits per heavy atom. The van der Waals surface area contributed by atoms with E-state index in [-0.39, 0.29) is 5.75 Å². The number of hydrogen-bond acceptors (Lipinski definition) is 3. The first kappa shape index (κ1) is 15.0. The van der Waals surface area contributed by atoms with E-state index in [2.05, 4.69) is 5.32 Å². The SMILES string of the molecule is CNCCCS(=O)(=O)N(C)c1ccc(C)cc1C. The van der Waals surface area contributed by atoms with Crippen LogP contribution < -0.4 is 9.62 Å². The molecule has 0 heterocycles. The van der Waals surface area contributed by atoms with E-state index < -0.39 is 10.0 Å². The van der Waals surface area contributed by atoms with Gasteiger partial charge in [0, 0.05) is 7.05 Å². The van der Waals surface area contributed by atoms with Gasteiger partial charge in [-0.15, -0.1) is 0 Å². The second-order valence-corrected chi connectivity index (χ2v) is 6.65. The molecule has 0 aromatic heterocycles. The largest absolute Gasteiger partial charge is 0.320 e. The van der Waals surface area contributed by atoms with Gasteiger partial charge >= 0.3 is 0 Å². The number of hydrogen-bond donors (Lipinski definition) is 1. The quantitative estimate of drug-likeness (QED) is 0.800. The van der Waals surface area contributed by atoms with E-state index in [4.69, 9.17) is 0 Å². The van der Waals surface area contributed by atoms with Gasteiger partial charge in [-0.3, -0.25) is 4.31 Å². The van der Waals surface area contributed by atoms with Crippen LogP contribution in [0.15, 0.2) is 18.2 Å². The van der Waals surface area contributed by atoms with Crippen molar-refractivity contribution in [1.29, 1.82) is 0 Å². The standard InChI is InChI=1S/C13H22N2O2S/c1-11-6-7-13(12(2)10-11)15(4)18(16,17)9-5-8-14-3/h6-7,10,14H,5,8-9H2,1-4H3. The van der Waals surface area contributed by atoms with Crippen molar-refractivity contribution in [3.05, 3.63) is 29.3 Å². The highest BCUT2D eigenvalue weighted by Gasteiger charge is 2.19. The maximum absolute atomic E-state index is 12.1. The Morgan fingerprint density at radius 1 is 1.28 bits per heavy atom. The summed E-state index contributed by atoms with van der Waals surface area (Å²) in [6.07, 6.45) is 0.619. The van der Waals surface area contributed by atoms with Crippen LogP contribution in [0.4, 0.5) is 5.69 Å². The van der Waals surface area contributed by atoms with Crippen LogP contribution in [0.5, 0.6) is 0 Å². The molecular formula is C13H22N2O2S. The molecule has 0 spiro atoms. The number of sulfonamides is 1. The lowest BCUT2D eigenvalue weighted by atomic mass is 10.1. The second kappa shape index (κ2) is 6.20. The van der Waals surface area contributed by atoms with Gasteiger partial charge < -0.3 is 5.32 Å². The molecule has 0 aliphatic rings. The van der Waals surface area contributed by atoms with Gasteiger partial charge in [0.15, 0.2) is 0 Å². The minimum atomic E-state index is -3.23. The first-order chi connectivity index (χ1) is 8.38. The predicted octanol–water partition coefficient (Wildman–Crippen LogP) is 1.68. The first-order valence-corrected chi connectivity index (χ1v) is 7.68. The fraction of sp³-hybridized carbons (Fsp3) is 0.538. The highest BCUT2D eigenvalue weighted by Crippen LogP contribution is 2.22. The molecule has 0 amide bonds. The fourth-order valence-corrected chi connectivity index (χ4v) is 3.16. The topological polar surface area (TPSA) is 49.4 Å². The van der Waals surface area contributed by atoms with Gasteiger partial charge in [0.25, 0.3) is 0 Å². The van der Waals surface area contributed by atoms with Crippen LogP contribution in [0.2, 0.25) is 0 Å². The van der Waals surface area contributed by atoms with Crippen LogP contribution in [0.1, 0.15) is 17.5 Å². The van der Waals surface area contributed by atoms with Gasteiger partial charge in [-0.05, 0) is 45.5 Å². The molecule has 0 saturated carbocycles. The first-order valence-electron chi connectivity index (χ1n) is 6.07. The Kier molecular flexibility index (Phi) is 5.16. The minimum absolute atomic E-state index is 0.164. The third kappa shape index (κ3) is 3.71. The lowest BCUT2D eigenvalue weighted by Crippen LogP contribution is -2.30. The summed E-state index contributed by atoms with van der Waals surface area (Å²) in [4.78, 5) is 0. The second-order valence-electron chi connectivity index (χ2n) is 4.53. The zero-order valence-corrected chi connectivity index (χ0v) is 12.3. The Balaban J connectivity index is 2.88. The van der Waals surface area contributed by atoms with Crippen LogP contribution in [0.3, 0.4) is 0 Å². The monoisotopic (exact) mass is 270 g/mol. The van der Waals surface area contributed by atoms with E-state index in [1.807, 2.05) is 39.1 Å². The number of rotatable bonds is 6. The van der Waals surface area contributed by atoms with Crippen molar-refractivity contribution < 1.29 is 8.42 Å². The van der Waals surface area contributed by atoms with Crippen LogP contribution in [0, 0.1) is 13.8 Å². The zero-order chi connectivity index (χ0) is 13.8. The summed E-state index contributed by atoms with van der Waals surface area (Å²) in [5.41, 5.74) is 2.87. The van der Waals surface area contributed by atoms with E-state index in [1.165, 1.54) is 4.31 Å². The summed E-state index contributed by atoms with van der Waals surface area (Å²) in [6.45, 7) is 4.64. The molecule has 5 heteroatoms. The molecule has 0 aliphatic carbocycles. The molecule has 1 rings (SSSR count). The normalized spacial score (nSPS) is 11.6. The van der Waals surface area contributed by atoms with E-state index in [0.717, 1.165) is 16.8 Å². The van der Waals surface area contributed by atoms with Crippen LogP contribution in [-0.4, -0.2) is 34.8 Å². The molecule has 0 bridgehead atoms. The van der Waals surface area contributed by atoms with Crippen molar-refractivity contribution in [2.45, 2.75) is 20.3 Å². The molecule has 0 fully saturated rings. The van der Waals surface area contributed by atoms with Gasteiger partial charge in [-0.25, -0.2) is 8.42 Å². The van der Waals surface area contributed by atoms with Gasteiger partial charge in [0.1, 0.15) is 0 Å². The molecule has 1 aromatic carbocycles. The predicted molar refractivity (Wildman–Crippen MR) is 76.6 cm³/mol. The molecule has 102 valence electrons. The zero-order valence-electron chi connectivity index (χ0n) is 11.5. The molecule has 0 aliphatic heterocycles. The van der Waals surface area contributed by atoms with Crippen LogP contribution >= 0.6 is 0 Å². The number of benzene rings is 1. The van der Waals surface area contributed by atoms with E-state index in [9.17, 15) is 8.42 Å². The smallest absolute Gasteiger partial charge is 0.234 e. The van der Waals surface area contributed by atoms with Crippen molar-refractivity contribution in [2.75, 3.05) is 30.7 Å². The molecule has 1 aromatic rings. The van der Waals surface area contributed by atoms with Crippen molar-refractivity contribution in [3.63, 3.8) is 0 Å². The van der Waals surface area contributed by atoms with E-state index >= 15 is 0 Å². The van der Waals surface area contributed by atoms with Gasteiger partial charge in [0.05, 0.1) is 11.4 Å². The fourth-order valence-electron chi connectivity index (χ4n) is 1.88. The van der Waals surface area contributed by atoms with Gasteiger partial charge in [-0.1, -0.05) is 17.7 Å². The van der Waals surface area contributed by atoms with Crippen molar-refractivity contribution in [1.82, 2.24) is 5.32 Å². The highest BCUT2D eigenvalue weighted by molar-refractivity contribution is 7.92. The lowest BCUT2D eigenvalue weighted by Gasteiger charge is -2.21. The summed E-state index contributed by atoms with van der Waals surface area (Å²) >= 11 is 0. The summed E-state index contributed by atoms with van der Waals surface area (Å²) in [5, 5.41) is 2.95. The molecule has 0 unspecified atom stereocenters. The molecule has 0 atom stereocenters.